The third-order valence-electron chi connectivity index (χ3n) is 5.00. The Morgan fingerprint density at radius 2 is 1.89 bits per heavy atom. The maximum absolute atomic E-state index is 12.4. The van der Waals surface area contributed by atoms with Crippen molar-refractivity contribution in [3.05, 3.63) is 45.9 Å². The molecule has 1 aliphatic rings. The summed E-state index contributed by atoms with van der Waals surface area (Å²) in [6.45, 7) is 11.7. The van der Waals surface area contributed by atoms with E-state index in [1.165, 1.54) is 15.4 Å². The Morgan fingerprint density at radius 1 is 1.19 bits per heavy atom. The fraction of sp³-hybridized carbons (Fsp3) is 0.524. The molecule has 6 heteroatoms. The van der Waals surface area contributed by atoms with Gasteiger partial charge in [0.1, 0.15) is 5.01 Å². The molecule has 1 aromatic heterocycles. The molecule has 1 N–H and O–H groups in total. The molecule has 146 valence electrons. The van der Waals surface area contributed by atoms with E-state index in [1.54, 1.807) is 0 Å². The maximum Gasteiger partial charge on any atom is 0.238 e. The van der Waals surface area contributed by atoms with E-state index >= 15 is 0 Å². The molecule has 1 fully saturated rings. The van der Waals surface area contributed by atoms with Gasteiger partial charge < -0.3 is 5.32 Å². The highest BCUT2D eigenvalue weighted by molar-refractivity contribution is 7.11. The lowest BCUT2D eigenvalue weighted by Crippen LogP contribution is -2.48. The second-order valence-electron chi connectivity index (χ2n) is 7.42. The third-order valence-corrected chi connectivity index (χ3v) is 6.29. The fourth-order valence-electron chi connectivity index (χ4n) is 3.30. The smallest absolute Gasteiger partial charge is 0.238 e. The van der Waals surface area contributed by atoms with Crippen LogP contribution in [-0.4, -0.2) is 53.4 Å². The van der Waals surface area contributed by atoms with Gasteiger partial charge in [0.15, 0.2) is 0 Å². The van der Waals surface area contributed by atoms with Gasteiger partial charge in [-0.25, -0.2) is 4.98 Å². The number of hydrogen-bond acceptors (Lipinski definition) is 5. The van der Waals surface area contributed by atoms with Crippen molar-refractivity contribution in [3.8, 4) is 0 Å². The Morgan fingerprint density at radius 3 is 2.56 bits per heavy atom. The highest BCUT2D eigenvalue weighted by atomic mass is 32.1. The summed E-state index contributed by atoms with van der Waals surface area (Å²) < 4.78 is 0. The van der Waals surface area contributed by atoms with E-state index in [2.05, 4.69) is 46.9 Å². The molecule has 1 aliphatic heterocycles. The van der Waals surface area contributed by atoms with Crippen molar-refractivity contribution in [2.45, 2.75) is 39.7 Å². The Bertz CT molecular complexity index is 750. The molecular weight excluding hydrogens is 356 g/mol. The predicted molar refractivity (Wildman–Crippen MR) is 112 cm³/mol. The molecule has 1 amide bonds. The van der Waals surface area contributed by atoms with E-state index in [0.717, 1.165) is 44.8 Å². The largest absolute Gasteiger partial charge is 0.325 e. The summed E-state index contributed by atoms with van der Waals surface area (Å²) in [7, 11) is 0. The van der Waals surface area contributed by atoms with Gasteiger partial charge in [0.2, 0.25) is 5.91 Å². The molecule has 0 unspecified atom stereocenters. The average molecular weight is 387 g/mol. The minimum atomic E-state index is 0.0749. The summed E-state index contributed by atoms with van der Waals surface area (Å²) >= 11 is 1.82. The van der Waals surface area contributed by atoms with E-state index in [9.17, 15) is 4.79 Å². The zero-order chi connectivity index (χ0) is 19.2. The fourth-order valence-corrected chi connectivity index (χ4v) is 4.27. The molecule has 1 saturated heterocycles. The molecule has 0 aliphatic carbocycles. The number of nitrogens with one attached hydrogen (secondary N) is 1. The summed E-state index contributed by atoms with van der Waals surface area (Å²) in [6, 6.07) is 8.03. The van der Waals surface area contributed by atoms with Crippen LogP contribution in [0.2, 0.25) is 0 Å². The Hall–Kier alpha value is -1.76. The minimum Gasteiger partial charge on any atom is -0.325 e. The van der Waals surface area contributed by atoms with Crippen LogP contribution in [0.3, 0.4) is 0 Å². The number of amides is 1. The molecule has 0 atom stereocenters. The van der Waals surface area contributed by atoms with Gasteiger partial charge in [-0.15, -0.1) is 11.3 Å². The summed E-state index contributed by atoms with van der Waals surface area (Å²) in [6.07, 6.45) is 2.93. The van der Waals surface area contributed by atoms with Crippen molar-refractivity contribution in [1.82, 2.24) is 14.8 Å². The maximum atomic E-state index is 12.4. The van der Waals surface area contributed by atoms with E-state index in [-0.39, 0.29) is 5.91 Å². The minimum absolute atomic E-state index is 0.0749. The summed E-state index contributed by atoms with van der Waals surface area (Å²) in [5.74, 6) is 0.621. The number of aromatic nitrogens is 1. The highest BCUT2D eigenvalue weighted by Crippen LogP contribution is 2.23. The number of nitrogens with zero attached hydrogens (tertiary/aromatic N) is 3. The van der Waals surface area contributed by atoms with Crippen molar-refractivity contribution in [1.29, 1.82) is 0 Å². The molecule has 0 saturated carbocycles. The number of anilines is 1. The number of rotatable bonds is 7. The predicted octanol–water partition coefficient (Wildman–Crippen LogP) is 3.59. The van der Waals surface area contributed by atoms with Gasteiger partial charge in [0.05, 0.1) is 13.1 Å². The van der Waals surface area contributed by atoms with Gasteiger partial charge in [0, 0.05) is 42.9 Å². The average Bonchev–Trinajstić information content (AvgIpc) is 3.12. The number of hydrogen-bond donors (Lipinski definition) is 1. The second-order valence-corrected chi connectivity index (χ2v) is 8.57. The van der Waals surface area contributed by atoms with Crippen LogP contribution in [0.15, 0.2) is 30.5 Å². The van der Waals surface area contributed by atoms with Crippen LogP contribution in [0, 0.1) is 0 Å². The quantitative estimate of drug-likeness (QED) is 0.790. The standard InChI is InChI=1S/C21H30N4OS/c1-4-17-7-5-6-8-18(17)23-20(26)14-24-9-11-25(12-10-24)15-21-22-13-19(27-21)16(2)3/h5-8,13,16H,4,9-12,14-15H2,1-3H3,(H,23,26). The number of para-hydroxylation sites is 1. The van der Waals surface area contributed by atoms with Crippen LogP contribution in [0.25, 0.3) is 0 Å². The second kappa shape index (κ2) is 9.44. The molecule has 0 bridgehead atoms. The lowest BCUT2D eigenvalue weighted by molar-refractivity contribution is -0.117. The van der Waals surface area contributed by atoms with Crippen LogP contribution in [0.4, 0.5) is 5.69 Å². The van der Waals surface area contributed by atoms with Gasteiger partial charge in [-0.2, -0.15) is 0 Å². The van der Waals surface area contributed by atoms with Crippen molar-refractivity contribution >= 4 is 22.9 Å². The number of piperazine rings is 1. The summed E-state index contributed by atoms with van der Waals surface area (Å²) in [4.78, 5) is 23.0. The topological polar surface area (TPSA) is 48.5 Å². The molecule has 0 radical (unpaired) electrons. The monoisotopic (exact) mass is 386 g/mol. The first-order valence-electron chi connectivity index (χ1n) is 9.82. The van der Waals surface area contributed by atoms with Crippen molar-refractivity contribution in [2.24, 2.45) is 0 Å². The molecule has 3 rings (SSSR count). The summed E-state index contributed by atoms with van der Waals surface area (Å²) in [5, 5.41) is 4.27. The Kier molecular flexibility index (Phi) is 6.99. The van der Waals surface area contributed by atoms with Crippen LogP contribution >= 0.6 is 11.3 Å². The first-order valence-corrected chi connectivity index (χ1v) is 10.6. The van der Waals surface area contributed by atoms with Crippen LogP contribution in [0.5, 0.6) is 0 Å². The van der Waals surface area contributed by atoms with Crippen molar-refractivity contribution < 1.29 is 4.79 Å². The Labute approximate surface area is 166 Å². The van der Waals surface area contributed by atoms with Crippen molar-refractivity contribution in [3.63, 3.8) is 0 Å². The lowest BCUT2D eigenvalue weighted by Gasteiger charge is -2.33. The number of carbonyl (C=O) groups is 1. The van der Waals surface area contributed by atoms with E-state index in [1.807, 2.05) is 35.7 Å². The van der Waals surface area contributed by atoms with E-state index in [4.69, 9.17) is 0 Å². The van der Waals surface area contributed by atoms with Crippen LogP contribution in [0.1, 0.15) is 42.1 Å². The third kappa shape index (κ3) is 5.61. The van der Waals surface area contributed by atoms with Crippen molar-refractivity contribution in [2.75, 3.05) is 38.0 Å². The van der Waals surface area contributed by atoms with Gasteiger partial charge in [0.25, 0.3) is 0 Å². The van der Waals surface area contributed by atoms with Gasteiger partial charge in [-0.3, -0.25) is 14.6 Å². The van der Waals surface area contributed by atoms with Crippen LogP contribution < -0.4 is 5.32 Å². The number of carbonyl (C=O) groups excluding carboxylic acids is 1. The van der Waals surface area contributed by atoms with Gasteiger partial charge in [-0.1, -0.05) is 39.0 Å². The molecule has 0 spiro atoms. The normalized spacial score (nSPS) is 16.0. The zero-order valence-electron chi connectivity index (χ0n) is 16.6. The van der Waals surface area contributed by atoms with E-state index < -0.39 is 0 Å². The molecule has 5 nitrogen and oxygen atoms in total. The number of benzene rings is 1. The van der Waals surface area contributed by atoms with Gasteiger partial charge >= 0.3 is 0 Å². The number of thiazole rings is 1. The molecule has 2 aromatic rings. The first kappa shape index (κ1) is 20.0. The number of aryl methyl sites for hydroxylation is 1. The van der Waals surface area contributed by atoms with Crippen LogP contribution in [-0.2, 0) is 17.8 Å². The molecule has 2 heterocycles. The molecular formula is C21H30N4OS. The van der Waals surface area contributed by atoms with E-state index in [0.29, 0.717) is 12.5 Å². The Balaban J connectivity index is 1.44. The lowest BCUT2D eigenvalue weighted by atomic mass is 10.1. The SMILES string of the molecule is CCc1ccccc1NC(=O)CN1CCN(Cc2ncc(C(C)C)s2)CC1. The zero-order valence-corrected chi connectivity index (χ0v) is 17.4. The van der Waals surface area contributed by atoms with Gasteiger partial charge in [-0.05, 0) is 24.0 Å². The first-order chi connectivity index (χ1) is 13.0. The molecule has 27 heavy (non-hydrogen) atoms. The summed E-state index contributed by atoms with van der Waals surface area (Å²) in [5.41, 5.74) is 2.12. The highest BCUT2D eigenvalue weighted by Gasteiger charge is 2.20. The molecule has 1 aromatic carbocycles.